The fourth-order valence-electron chi connectivity index (χ4n) is 1.18. The van der Waals surface area contributed by atoms with Crippen molar-refractivity contribution >= 4 is 23.2 Å². The average molecular weight is 282 g/mol. The summed E-state index contributed by atoms with van der Waals surface area (Å²) in [5.41, 5.74) is 9.45. The first-order chi connectivity index (χ1) is 8.21. The highest BCUT2D eigenvalue weighted by molar-refractivity contribution is 6.31. The van der Waals surface area contributed by atoms with Crippen LogP contribution < -0.4 is 16.8 Å². The van der Waals surface area contributed by atoms with E-state index >= 15 is 0 Å². The maximum Gasteiger partial charge on any atom is 0.417 e. The van der Waals surface area contributed by atoms with Crippen LogP contribution >= 0.6 is 11.6 Å². The predicted molar refractivity (Wildman–Crippen MR) is 62.1 cm³/mol. The molecule has 0 aliphatic carbocycles. The number of alkyl halides is 3. The van der Waals surface area contributed by atoms with Crippen molar-refractivity contribution in [3.05, 3.63) is 28.8 Å². The predicted octanol–water partition coefficient (Wildman–Crippen LogP) is 1.58. The van der Waals surface area contributed by atoms with Crippen LogP contribution in [0.5, 0.6) is 0 Å². The topological polar surface area (TPSA) is 81.1 Å². The van der Waals surface area contributed by atoms with Gasteiger partial charge in [0.05, 0.1) is 10.6 Å². The summed E-state index contributed by atoms with van der Waals surface area (Å²) in [5, 5.41) is 2.18. The van der Waals surface area contributed by atoms with Gasteiger partial charge in [0.15, 0.2) is 0 Å². The van der Waals surface area contributed by atoms with E-state index in [0.29, 0.717) is 0 Å². The molecule has 5 N–H and O–H groups in total. The molecule has 0 aromatic heterocycles. The first-order valence-corrected chi connectivity index (χ1v) is 5.25. The number of nitrogens with one attached hydrogen (secondary N) is 1. The van der Waals surface area contributed by atoms with Crippen LogP contribution in [0.2, 0.25) is 5.02 Å². The van der Waals surface area contributed by atoms with Crippen molar-refractivity contribution in [3.8, 4) is 0 Å². The van der Waals surface area contributed by atoms with E-state index in [4.69, 9.17) is 23.1 Å². The number of hydrogen-bond acceptors (Lipinski definition) is 3. The van der Waals surface area contributed by atoms with Gasteiger partial charge in [-0.1, -0.05) is 11.6 Å². The Bertz CT molecular complexity index is 450. The lowest BCUT2D eigenvalue weighted by Crippen LogP contribution is -2.41. The van der Waals surface area contributed by atoms with Gasteiger partial charge in [-0.15, -0.1) is 0 Å². The second kappa shape index (κ2) is 5.45. The van der Waals surface area contributed by atoms with Gasteiger partial charge < -0.3 is 16.8 Å². The third-order valence-corrected chi connectivity index (χ3v) is 2.49. The van der Waals surface area contributed by atoms with Crippen molar-refractivity contribution in [3.63, 3.8) is 0 Å². The van der Waals surface area contributed by atoms with Crippen LogP contribution in [-0.4, -0.2) is 18.5 Å². The maximum atomic E-state index is 12.5. The third-order valence-electron chi connectivity index (χ3n) is 2.16. The summed E-state index contributed by atoms with van der Waals surface area (Å²) in [5.74, 6) is -0.743. The summed E-state index contributed by atoms with van der Waals surface area (Å²) < 4.78 is 37.6. The zero-order chi connectivity index (χ0) is 13.9. The lowest BCUT2D eigenvalue weighted by atomic mass is 10.2. The van der Waals surface area contributed by atoms with Gasteiger partial charge in [0.2, 0.25) is 5.91 Å². The Hall–Kier alpha value is -1.47. The number of nitrogens with two attached hydrogens (primary N) is 2. The Balaban J connectivity index is 2.83. The van der Waals surface area contributed by atoms with E-state index < -0.39 is 28.7 Å². The molecule has 1 aromatic carbocycles. The number of rotatable bonds is 4. The summed E-state index contributed by atoms with van der Waals surface area (Å²) in [6.45, 7) is -0.0612. The minimum Gasteiger partial charge on any atom is -0.383 e. The van der Waals surface area contributed by atoms with Crippen LogP contribution in [0.25, 0.3) is 0 Å². The summed E-state index contributed by atoms with van der Waals surface area (Å²) >= 11 is 5.45. The van der Waals surface area contributed by atoms with E-state index in [1.807, 2.05) is 0 Å². The first-order valence-electron chi connectivity index (χ1n) is 4.87. The largest absolute Gasteiger partial charge is 0.417 e. The van der Waals surface area contributed by atoms with E-state index in [9.17, 15) is 18.0 Å². The van der Waals surface area contributed by atoms with Gasteiger partial charge in [0.1, 0.15) is 6.04 Å². The molecule has 1 atom stereocenters. The quantitative estimate of drug-likeness (QED) is 0.784. The van der Waals surface area contributed by atoms with E-state index in [1.165, 1.54) is 6.07 Å². The highest BCUT2D eigenvalue weighted by Gasteiger charge is 2.33. The summed E-state index contributed by atoms with van der Waals surface area (Å²) in [4.78, 5) is 10.7. The second-order valence-corrected chi connectivity index (χ2v) is 3.99. The Labute approximate surface area is 106 Å². The lowest BCUT2D eigenvalue weighted by Gasteiger charge is -2.14. The van der Waals surface area contributed by atoms with Gasteiger partial charge in [-0.2, -0.15) is 13.2 Å². The van der Waals surface area contributed by atoms with Crippen LogP contribution in [0.4, 0.5) is 18.9 Å². The number of carbonyl (C=O) groups excluding carboxylic acids is 1. The number of benzene rings is 1. The average Bonchev–Trinajstić information content (AvgIpc) is 2.25. The van der Waals surface area contributed by atoms with Crippen molar-refractivity contribution in [2.75, 3.05) is 11.9 Å². The van der Waals surface area contributed by atoms with Gasteiger partial charge in [0.25, 0.3) is 0 Å². The third kappa shape index (κ3) is 3.78. The number of hydrogen-bond donors (Lipinski definition) is 3. The van der Waals surface area contributed by atoms with Gasteiger partial charge in [-0.25, -0.2) is 0 Å². The molecule has 0 bridgehead atoms. The number of amides is 1. The highest BCUT2D eigenvalue weighted by atomic mass is 35.5. The Morgan fingerprint density at radius 2 is 2.06 bits per heavy atom. The molecule has 8 heteroatoms. The van der Waals surface area contributed by atoms with Crippen molar-refractivity contribution in [1.29, 1.82) is 0 Å². The molecule has 4 nitrogen and oxygen atoms in total. The fourth-order valence-corrected chi connectivity index (χ4v) is 1.41. The zero-order valence-corrected chi connectivity index (χ0v) is 9.85. The molecule has 0 saturated heterocycles. The smallest absolute Gasteiger partial charge is 0.383 e. The zero-order valence-electron chi connectivity index (χ0n) is 9.09. The number of primary amides is 1. The molecule has 1 rings (SSSR count). The first kappa shape index (κ1) is 14.6. The molecule has 0 fully saturated rings. The van der Waals surface area contributed by atoms with E-state index in [1.54, 1.807) is 0 Å². The number of halogens is 4. The van der Waals surface area contributed by atoms with E-state index in [2.05, 4.69) is 5.32 Å². The maximum absolute atomic E-state index is 12.5. The van der Waals surface area contributed by atoms with E-state index in [-0.39, 0.29) is 12.2 Å². The minimum atomic E-state index is -4.54. The molecule has 0 radical (unpaired) electrons. The van der Waals surface area contributed by atoms with Gasteiger partial charge >= 0.3 is 6.18 Å². The monoisotopic (exact) mass is 281 g/mol. The molecular formula is C10H11ClF3N3O. The van der Waals surface area contributed by atoms with Crippen LogP contribution in [0.15, 0.2) is 18.2 Å². The number of carbonyl (C=O) groups is 1. The van der Waals surface area contributed by atoms with Crippen molar-refractivity contribution in [1.82, 2.24) is 0 Å². The molecule has 18 heavy (non-hydrogen) atoms. The molecule has 1 aromatic rings. The standard InChI is InChI=1S/C10H11ClF3N3O/c11-7-2-1-5(3-6(7)10(12,13)14)17-4-8(15)9(16)18/h1-3,8,17H,4,15H2,(H2,16,18). The molecule has 1 unspecified atom stereocenters. The molecule has 1 amide bonds. The lowest BCUT2D eigenvalue weighted by molar-refractivity contribution is -0.137. The molecule has 0 saturated carbocycles. The Kier molecular flexibility index (Phi) is 4.42. The Morgan fingerprint density at radius 3 is 2.56 bits per heavy atom. The molecule has 0 aliphatic heterocycles. The van der Waals surface area contributed by atoms with Crippen LogP contribution in [0, 0.1) is 0 Å². The highest BCUT2D eigenvalue weighted by Crippen LogP contribution is 2.36. The number of anilines is 1. The molecule has 100 valence electrons. The molecule has 0 heterocycles. The Morgan fingerprint density at radius 1 is 1.44 bits per heavy atom. The molecular weight excluding hydrogens is 271 g/mol. The van der Waals surface area contributed by atoms with Gasteiger partial charge in [0, 0.05) is 12.2 Å². The molecule has 0 spiro atoms. The van der Waals surface area contributed by atoms with Crippen LogP contribution in [0.1, 0.15) is 5.56 Å². The molecule has 0 aliphatic rings. The fraction of sp³-hybridized carbons (Fsp3) is 0.300. The summed E-state index contributed by atoms with van der Waals surface area (Å²) in [6.07, 6.45) is -4.54. The second-order valence-electron chi connectivity index (χ2n) is 3.58. The summed E-state index contributed by atoms with van der Waals surface area (Å²) in [7, 11) is 0. The summed E-state index contributed by atoms with van der Waals surface area (Å²) in [6, 6.07) is 2.33. The van der Waals surface area contributed by atoms with Crippen LogP contribution in [0.3, 0.4) is 0 Å². The van der Waals surface area contributed by atoms with Gasteiger partial charge in [-0.05, 0) is 18.2 Å². The SMILES string of the molecule is NC(=O)C(N)CNc1ccc(Cl)c(C(F)(F)F)c1. The minimum absolute atomic E-state index is 0.0612. The van der Waals surface area contributed by atoms with Crippen molar-refractivity contribution < 1.29 is 18.0 Å². The van der Waals surface area contributed by atoms with Crippen molar-refractivity contribution in [2.24, 2.45) is 11.5 Å². The van der Waals surface area contributed by atoms with E-state index in [0.717, 1.165) is 12.1 Å². The van der Waals surface area contributed by atoms with Crippen molar-refractivity contribution in [2.45, 2.75) is 12.2 Å². The van der Waals surface area contributed by atoms with Gasteiger partial charge in [-0.3, -0.25) is 4.79 Å². The van der Waals surface area contributed by atoms with Crippen LogP contribution in [-0.2, 0) is 11.0 Å². The normalized spacial score (nSPS) is 13.2.